The second kappa shape index (κ2) is 4.95. The normalized spacial score (nSPS) is 12.0. The number of fused-ring (bicyclic) bond motifs is 1. The van der Waals surface area contributed by atoms with Gasteiger partial charge in [-0.15, -0.1) is 0 Å². The van der Waals surface area contributed by atoms with Crippen molar-refractivity contribution in [3.05, 3.63) is 59.7 Å². The van der Waals surface area contributed by atoms with Gasteiger partial charge in [-0.3, -0.25) is 0 Å². The molecule has 0 aliphatic rings. The molecule has 0 spiro atoms. The molecule has 16 heavy (non-hydrogen) atoms. The van der Waals surface area contributed by atoms with Crippen molar-refractivity contribution in [2.75, 3.05) is 6.61 Å². The van der Waals surface area contributed by atoms with Crippen LogP contribution in [0, 0.1) is 0 Å². The van der Waals surface area contributed by atoms with Gasteiger partial charge in [-0.25, -0.2) is 0 Å². The molecule has 0 atom stereocenters. The first-order valence-electron chi connectivity index (χ1n) is 5.54. The lowest BCUT2D eigenvalue weighted by Gasteiger charge is -2.04. The first kappa shape index (κ1) is 10.9. The zero-order chi connectivity index (χ0) is 11.4. The van der Waals surface area contributed by atoms with Gasteiger partial charge >= 0.3 is 0 Å². The smallest absolute Gasteiger partial charge is 0.0615 e. The van der Waals surface area contributed by atoms with Crippen LogP contribution < -0.4 is 0 Å². The predicted molar refractivity (Wildman–Crippen MR) is 68.5 cm³/mol. The maximum absolute atomic E-state index is 8.81. The highest BCUT2D eigenvalue weighted by Crippen LogP contribution is 2.17. The van der Waals surface area contributed by atoms with Crippen molar-refractivity contribution in [2.45, 2.75) is 13.3 Å². The molecule has 1 N–H and O–H groups in total. The number of allylic oxidation sites excluding steroid dienone is 1. The molecule has 0 unspecified atom stereocenters. The average Bonchev–Trinajstić information content (AvgIpc) is 2.29. The summed E-state index contributed by atoms with van der Waals surface area (Å²) in [6, 6.07) is 14.9. The van der Waals surface area contributed by atoms with Crippen LogP contribution in [0.1, 0.15) is 12.5 Å². The van der Waals surface area contributed by atoms with E-state index < -0.39 is 0 Å². The predicted octanol–water partition coefficient (Wildman–Crippen LogP) is 3.32. The van der Waals surface area contributed by atoms with Crippen LogP contribution in [0.15, 0.2) is 54.1 Å². The molecule has 0 saturated carbocycles. The largest absolute Gasteiger partial charge is 0.392 e. The number of benzene rings is 2. The zero-order valence-corrected chi connectivity index (χ0v) is 9.48. The maximum Gasteiger partial charge on any atom is 0.0615 e. The third-order valence-electron chi connectivity index (χ3n) is 2.74. The van der Waals surface area contributed by atoms with E-state index >= 15 is 0 Å². The maximum atomic E-state index is 8.81. The highest BCUT2D eigenvalue weighted by atomic mass is 16.2. The second-order valence-corrected chi connectivity index (χ2v) is 4.09. The molecule has 2 aromatic carbocycles. The molecule has 2 aromatic rings. The topological polar surface area (TPSA) is 20.2 Å². The third-order valence-corrected chi connectivity index (χ3v) is 2.74. The molecule has 0 heterocycles. The van der Waals surface area contributed by atoms with Crippen LogP contribution in [0.4, 0.5) is 0 Å². The van der Waals surface area contributed by atoms with E-state index in [-0.39, 0.29) is 6.61 Å². The Morgan fingerprint density at radius 3 is 2.62 bits per heavy atom. The fraction of sp³-hybridized carbons (Fsp3) is 0.200. The standard InChI is InChI=1S/C15H16O/c1-12(8-9-16)10-13-6-7-14-4-2-3-5-15(14)11-13/h2-8,11,16H,9-10H2,1H3/b12-8+. The van der Waals surface area contributed by atoms with Crippen LogP contribution in [0.3, 0.4) is 0 Å². The van der Waals surface area contributed by atoms with Crippen molar-refractivity contribution in [2.24, 2.45) is 0 Å². The van der Waals surface area contributed by atoms with Crippen molar-refractivity contribution in [1.29, 1.82) is 0 Å². The molecule has 82 valence electrons. The average molecular weight is 212 g/mol. The zero-order valence-electron chi connectivity index (χ0n) is 9.48. The van der Waals surface area contributed by atoms with E-state index in [1.54, 1.807) is 0 Å². The molecule has 0 bridgehead atoms. The van der Waals surface area contributed by atoms with Crippen molar-refractivity contribution in [3.8, 4) is 0 Å². The van der Waals surface area contributed by atoms with Crippen molar-refractivity contribution >= 4 is 10.8 Å². The molecule has 0 amide bonds. The van der Waals surface area contributed by atoms with E-state index in [2.05, 4.69) is 42.5 Å². The Bertz CT molecular complexity index is 512. The van der Waals surface area contributed by atoms with Gasteiger partial charge in [0.25, 0.3) is 0 Å². The van der Waals surface area contributed by atoms with E-state index in [0.717, 1.165) is 6.42 Å². The molecule has 0 saturated heterocycles. The fourth-order valence-corrected chi connectivity index (χ4v) is 1.90. The van der Waals surface area contributed by atoms with Crippen molar-refractivity contribution in [1.82, 2.24) is 0 Å². The minimum atomic E-state index is 0.124. The van der Waals surface area contributed by atoms with E-state index in [1.165, 1.54) is 21.9 Å². The summed E-state index contributed by atoms with van der Waals surface area (Å²) in [7, 11) is 0. The third kappa shape index (κ3) is 2.50. The summed E-state index contributed by atoms with van der Waals surface area (Å²) in [4.78, 5) is 0. The molecule has 0 fully saturated rings. The molecular weight excluding hydrogens is 196 g/mol. The summed E-state index contributed by atoms with van der Waals surface area (Å²) in [5.74, 6) is 0. The van der Waals surface area contributed by atoms with Gasteiger partial charge in [0.15, 0.2) is 0 Å². The van der Waals surface area contributed by atoms with Gasteiger partial charge in [-0.2, -0.15) is 0 Å². The second-order valence-electron chi connectivity index (χ2n) is 4.09. The van der Waals surface area contributed by atoms with E-state index in [0.29, 0.717) is 0 Å². The first-order valence-corrected chi connectivity index (χ1v) is 5.54. The van der Waals surface area contributed by atoms with Crippen LogP contribution >= 0.6 is 0 Å². The minimum absolute atomic E-state index is 0.124. The van der Waals surface area contributed by atoms with Crippen LogP contribution in [0.5, 0.6) is 0 Å². The number of hydrogen-bond acceptors (Lipinski definition) is 1. The summed E-state index contributed by atoms with van der Waals surface area (Å²) in [6.07, 6.45) is 2.76. The number of rotatable bonds is 3. The van der Waals surface area contributed by atoms with Crippen molar-refractivity contribution < 1.29 is 5.11 Å². The van der Waals surface area contributed by atoms with Crippen LogP contribution in [0.2, 0.25) is 0 Å². The van der Waals surface area contributed by atoms with Gasteiger partial charge in [0, 0.05) is 0 Å². The summed E-state index contributed by atoms with van der Waals surface area (Å²) >= 11 is 0. The van der Waals surface area contributed by atoms with Crippen molar-refractivity contribution in [3.63, 3.8) is 0 Å². The molecule has 0 aromatic heterocycles. The quantitative estimate of drug-likeness (QED) is 0.774. The highest BCUT2D eigenvalue weighted by Gasteiger charge is 1.97. The van der Waals surface area contributed by atoms with Gasteiger partial charge in [0.1, 0.15) is 0 Å². The van der Waals surface area contributed by atoms with E-state index in [9.17, 15) is 0 Å². The van der Waals surface area contributed by atoms with E-state index in [4.69, 9.17) is 5.11 Å². The monoisotopic (exact) mass is 212 g/mol. The van der Waals surface area contributed by atoms with Gasteiger partial charge in [0.2, 0.25) is 0 Å². The SMILES string of the molecule is C/C(=C\CO)Cc1ccc2ccccc2c1. The lowest BCUT2D eigenvalue weighted by molar-refractivity contribution is 0.341. The van der Waals surface area contributed by atoms with Crippen LogP contribution in [0.25, 0.3) is 10.8 Å². The summed E-state index contributed by atoms with van der Waals surface area (Å²) in [6.45, 7) is 2.17. The number of aliphatic hydroxyl groups excluding tert-OH is 1. The summed E-state index contributed by atoms with van der Waals surface area (Å²) in [5, 5.41) is 11.4. The summed E-state index contributed by atoms with van der Waals surface area (Å²) in [5.41, 5.74) is 2.50. The molecule has 2 rings (SSSR count). The van der Waals surface area contributed by atoms with E-state index in [1.807, 2.05) is 13.0 Å². The minimum Gasteiger partial charge on any atom is -0.392 e. The molecule has 0 radical (unpaired) electrons. The lowest BCUT2D eigenvalue weighted by Crippen LogP contribution is -1.88. The van der Waals surface area contributed by atoms with Crippen LogP contribution in [-0.4, -0.2) is 11.7 Å². The van der Waals surface area contributed by atoms with Crippen LogP contribution in [-0.2, 0) is 6.42 Å². The number of hydrogen-bond donors (Lipinski definition) is 1. The Labute approximate surface area is 96.0 Å². The molecule has 0 aliphatic heterocycles. The Kier molecular flexibility index (Phi) is 3.37. The molecular formula is C15H16O. The van der Waals surface area contributed by atoms with Gasteiger partial charge in [0.05, 0.1) is 6.61 Å². The lowest BCUT2D eigenvalue weighted by atomic mass is 10.0. The Morgan fingerprint density at radius 2 is 1.88 bits per heavy atom. The highest BCUT2D eigenvalue weighted by molar-refractivity contribution is 5.83. The molecule has 1 nitrogen and oxygen atoms in total. The first-order chi connectivity index (χ1) is 7.79. The number of aliphatic hydroxyl groups is 1. The Balaban J connectivity index is 2.29. The van der Waals surface area contributed by atoms with Gasteiger partial charge in [-0.05, 0) is 29.7 Å². The molecule has 0 aliphatic carbocycles. The Morgan fingerprint density at radius 1 is 1.12 bits per heavy atom. The van der Waals surface area contributed by atoms with Gasteiger partial charge < -0.3 is 5.11 Å². The fourth-order valence-electron chi connectivity index (χ4n) is 1.90. The molecule has 1 heteroatoms. The Hall–Kier alpha value is -1.60. The summed E-state index contributed by atoms with van der Waals surface area (Å²) < 4.78 is 0. The van der Waals surface area contributed by atoms with Gasteiger partial charge in [-0.1, -0.05) is 54.1 Å².